The van der Waals surface area contributed by atoms with Crippen LogP contribution in [-0.4, -0.2) is 67.5 Å². The minimum atomic E-state index is -1.10. The second kappa shape index (κ2) is 17.7. The third kappa shape index (κ3) is 11.3. The van der Waals surface area contributed by atoms with E-state index in [1.54, 1.807) is 32.0 Å². The molecule has 12 heteroatoms. The summed E-state index contributed by atoms with van der Waals surface area (Å²) in [5.74, 6) is -2.78. The van der Waals surface area contributed by atoms with E-state index in [9.17, 15) is 28.4 Å². The lowest BCUT2D eigenvalue weighted by atomic mass is 10.0. The fourth-order valence-corrected chi connectivity index (χ4v) is 4.98. The predicted octanol–water partition coefficient (Wildman–Crippen LogP) is 2.61. The summed E-state index contributed by atoms with van der Waals surface area (Å²) in [5.41, 5.74) is 2.15. The van der Waals surface area contributed by atoms with Gasteiger partial charge < -0.3 is 31.3 Å². The van der Waals surface area contributed by atoms with Crippen molar-refractivity contribution in [3.05, 3.63) is 83.2 Å². The van der Waals surface area contributed by atoms with Crippen molar-refractivity contribution in [2.75, 3.05) is 13.7 Å². The number of ether oxygens (including phenoxy) is 1. The van der Waals surface area contributed by atoms with Crippen molar-refractivity contribution < 1.29 is 33.1 Å². The van der Waals surface area contributed by atoms with Crippen LogP contribution in [0.25, 0.3) is 0 Å². The van der Waals surface area contributed by atoms with Crippen molar-refractivity contribution in [3.8, 4) is 0 Å². The first-order valence-electron chi connectivity index (χ1n) is 15.5. The Morgan fingerprint density at radius 1 is 1.02 bits per heavy atom. The van der Waals surface area contributed by atoms with Gasteiger partial charge in [0.25, 0.3) is 0 Å². The number of aryl methyl sites for hydroxylation is 1. The maximum atomic E-state index is 14.5. The standard InChI is InChI=1S/C34H44FN5O6/c1-21(2)30(33(44)46-4)40-34(45)39-28(19-23-14-12-22(3)13-15-23)32(43)38-27-11-7-8-18-36-29(41)17-16-25(37-31(27)42)20-24-9-5-6-10-26(24)35/h5-6,9-10,12-17,21,25,27-28,30H,7-8,11,18-20H2,1-4H3,(H,36,41)(H,37,42)(H,38,43)(H2,39,40,45)/b17-16-/t25-,27+,28+,30+/m1/s1. The van der Waals surface area contributed by atoms with Crippen LogP contribution in [0.3, 0.4) is 0 Å². The second-order valence-corrected chi connectivity index (χ2v) is 11.7. The van der Waals surface area contributed by atoms with E-state index in [-0.39, 0.29) is 31.1 Å². The van der Waals surface area contributed by atoms with E-state index in [4.69, 9.17) is 4.74 Å². The molecule has 2 aromatic carbocycles. The molecule has 0 bridgehead atoms. The molecule has 4 atom stereocenters. The zero-order chi connectivity index (χ0) is 33.6. The number of urea groups is 1. The summed E-state index contributed by atoms with van der Waals surface area (Å²) in [6.07, 6.45) is 4.33. The van der Waals surface area contributed by atoms with Crippen LogP contribution in [0.15, 0.2) is 60.7 Å². The highest BCUT2D eigenvalue weighted by molar-refractivity contribution is 5.93. The van der Waals surface area contributed by atoms with Gasteiger partial charge in [0.2, 0.25) is 17.7 Å². The van der Waals surface area contributed by atoms with E-state index in [1.165, 1.54) is 25.3 Å². The van der Waals surface area contributed by atoms with E-state index in [0.29, 0.717) is 24.9 Å². The van der Waals surface area contributed by atoms with Crippen molar-refractivity contribution in [1.29, 1.82) is 0 Å². The Morgan fingerprint density at radius 3 is 2.41 bits per heavy atom. The van der Waals surface area contributed by atoms with E-state index >= 15 is 0 Å². The summed E-state index contributed by atoms with van der Waals surface area (Å²) >= 11 is 0. The molecular weight excluding hydrogens is 593 g/mol. The van der Waals surface area contributed by atoms with E-state index in [1.807, 2.05) is 31.2 Å². The number of hydrogen-bond donors (Lipinski definition) is 5. The van der Waals surface area contributed by atoms with Crippen molar-refractivity contribution in [2.45, 2.75) is 77.0 Å². The van der Waals surface area contributed by atoms with Gasteiger partial charge in [0.15, 0.2) is 0 Å². The Bertz CT molecular complexity index is 1400. The van der Waals surface area contributed by atoms with Gasteiger partial charge in [-0.1, -0.05) is 68.0 Å². The zero-order valence-corrected chi connectivity index (χ0v) is 26.7. The lowest BCUT2D eigenvalue weighted by Crippen LogP contribution is -2.58. The average molecular weight is 638 g/mol. The molecular formula is C34H44FN5O6. The van der Waals surface area contributed by atoms with Crippen molar-refractivity contribution in [1.82, 2.24) is 26.6 Å². The molecule has 0 unspecified atom stereocenters. The zero-order valence-electron chi connectivity index (χ0n) is 26.7. The fraction of sp³-hybridized carbons (Fsp3) is 0.441. The van der Waals surface area contributed by atoms with Crippen LogP contribution in [-0.2, 0) is 36.8 Å². The highest BCUT2D eigenvalue weighted by Crippen LogP contribution is 2.13. The predicted molar refractivity (Wildman–Crippen MR) is 171 cm³/mol. The van der Waals surface area contributed by atoms with Gasteiger partial charge in [-0.2, -0.15) is 0 Å². The molecule has 46 heavy (non-hydrogen) atoms. The number of nitrogens with one attached hydrogen (secondary N) is 5. The molecule has 1 aliphatic rings. The van der Waals surface area contributed by atoms with Crippen LogP contribution in [0.1, 0.15) is 49.8 Å². The van der Waals surface area contributed by atoms with Gasteiger partial charge in [-0.05, 0) is 55.7 Å². The van der Waals surface area contributed by atoms with Crippen molar-refractivity contribution in [3.63, 3.8) is 0 Å². The Labute approximate surface area is 269 Å². The average Bonchev–Trinajstić information content (AvgIpc) is 3.02. The smallest absolute Gasteiger partial charge is 0.328 e. The Kier molecular flexibility index (Phi) is 13.7. The third-order valence-electron chi connectivity index (χ3n) is 7.65. The number of halogens is 1. The van der Waals surface area contributed by atoms with Gasteiger partial charge >= 0.3 is 12.0 Å². The first kappa shape index (κ1) is 35.7. The maximum Gasteiger partial charge on any atom is 0.328 e. The summed E-state index contributed by atoms with van der Waals surface area (Å²) in [5, 5.41) is 13.7. The van der Waals surface area contributed by atoms with E-state index in [0.717, 1.165) is 11.1 Å². The maximum absolute atomic E-state index is 14.5. The van der Waals surface area contributed by atoms with Crippen LogP contribution in [0.4, 0.5) is 9.18 Å². The molecule has 1 aliphatic heterocycles. The first-order valence-corrected chi connectivity index (χ1v) is 15.5. The van der Waals surface area contributed by atoms with Gasteiger partial charge in [0, 0.05) is 19.0 Å². The number of hydrogen-bond acceptors (Lipinski definition) is 6. The van der Waals surface area contributed by atoms with E-state index in [2.05, 4.69) is 26.6 Å². The molecule has 5 N–H and O–H groups in total. The van der Waals surface area contributed by atoms with Crippen LogP contribution in [0.5, 0.6) is 0 Å². The summed E-state index contributed by atoms with van der Waals surface area (Å²) in [4.78, 5) is 64.9. The van der Waals surface area contributed by atoms with Crippen LogP contribution < -0.4 is 26.6 Å². The van der Waals surface area contributed by atoms with Gasteiger partial charge in [0.05, 0.1) is 13.2 Å². The lowest BCUT2D eigenvalue weighted by molar-refractivity contribution is -0.144. The molecule has 2 aromatic rings. The monoisotopic (exact) mass is 637 g/mol. The molecule has 0 aromatic heterocycles. The third-order valence-corrected chi connectivity index (χ3v) is 7.65. The quantitative estimate of drug-likeness (QED) is 0.253. The van der Waals surface area contributed by atoms with Crippen LogP contribution in [0.2, 0.25) is 0 Å². The molecule has 3 rings (SSSR count). The Morgan fingerprint density at radius 2 is 1.74 bits per heavy atom. The SMILES string of the molecule is COC(=O)[C@@H](NC(=O)N[C@@H](Cc1ccc(C)cc1)C(=O)N[C@H]1CCCCNC(=O)/C=C\[C@H](Cc2ccccc2F)NC1=O)C(C)C. The van der Waals surface area contributed by atoms with Gasteiger partial charge in [0.1, 0.15) is 23.9 Å². The van der Waals surface area contributed by atoms with Gasteiger partial charge in [-0.15, -0.1) is 0 Å². The van der Waals surface area contributed by atoms with E-state index < -0.39 is 53.8 Å². The minimum absolute atomic E-state index is 0.0812. The number of methoxy groups -OCH3 is 1. The molecule has 0 saturated heterocycles. The number of benzene rings is 2. The van der Waals surface area contributed by atoms with Crippen molar-refractivity contribution >= 4 is 29.7 Å². The molecule has 0 aliphatic carbocycles. The largest absolute Gasteiger partial charge is 0.467 e. The molecule has 248 valence electrons. The van der Waals surface area contributed by atoms with Gasteiger partial charge in [-0.25, -0.2) is 14.0 Å². The lowest BCUT2D eigenvalue weighted by Gasteiger charge is -2.26. The molecule has 0 fully saturated rings. The van der Waals surface area contributed by atoms with Gasteiger partial charge in [-0.3, -0.25) is 14.4 Å². The summed E-state index contributed by atoms with van der Waals surface area (Å²) in [7, 11) is 1.23. The summed E-state index contributed by atoms with van der Waals surface area (Å²) < 4.78 is 19.3. The van der Waals surface area contributed by atoms with Crippen LogP contribution in [0, 0.1) is 18.7 Å². The van der Waals surface area contributed by atoms with Crippen LogP contribution >= 0.6 is 0 Å². The number of carbonyl (C=O) groups is 5. The number of esters is 1. The number of rotatable bonds is 10. The molecule has 1 heterocycles. The highest BCUT2D eigenvalue weighted by Gasteiger charge is 2.30. The molecule has 5 amide bonds. The minimum Gasteiger partial charge on any atom is -0.467 e. The number of carbonyl (C=O) groups excluding carboxylic acids is 5. The number of amides is 5. The topological polar surface area (TPSA) is 155 Å². The Balaban J connectivity index is 1.83. The summed E-state index contributed by atoms with van der Waals surface area (Å²) in [6.45, 7) is 5.81. The molecule has 0 radical (unpaired) electrons. The first-order chi connectivity index (χ1) is 22.0. The Hall–Kier alpha value is -4.74. The molecule has 11 nitrogen and oxygen atoms in total. The second-order valence-electron chi connectivity index (χ2n) is 11.7. The normalized spacial score (nSPS) is 19.3. The fourth-order valence-electron chi connectivity index (χ4n) is 4.98. The highest BCUT2D eigenvalue weighted by atomic mass is 19.1. The van der Waals surface area contributed by atoms with Crippen molar-refractivity contribution in [2.24, 2.45) is 5.92 Å². The summed E-state index contributed by atoms with van der Waals surface area (Å²) in [6, 6.07) is 9.11. The molecule has 0 saturated carbocycles. The molecule has 0 spiro atoms.